The lowest BCUT2D eigenvalue weighted by Gasteiger charge is -2.59. The van der Waals surface area contributed by atoms with Crippen LogP contribution in [-0.4, -0.2) is 57.5 Å². The minimum Gasteiger partial charge on any atom is -0.478 e. The molecule has 0 radical (unpaired) electrons. The van der Waals surface area contributed by atoms with Gasteiger partial charge in [-0.1, -0.05) is 34.6 Å². The number of carbonyl (C=O) groups excluding carboxylic acids is 5. The van der Waals surface area contributed by atoms with Crippen LogP contribution in [0.4, 0.5) is 0 Å². The van der Waals surface area contributed by atoms with Crippen LogP contribution in [0.3, 0.4) is 0 Å². The van der Waals surface area contributed by atoms with Crippen molar-refractivity contribution in [3.8, 4) is 0 Å². The summed E-state index contributed by atoms with van der Waals surface area (Å²) < 4.78 is 5.79. The molecule has 4 aliphatic carbocycles. The van der Waals surface area contributed by atoms with E-state index in [9.17, 15) is 39.0 Å². The van der Waals surface area contributed by atoms with Gasteiger partial charge in [0.15, 0.2) is 11.9 Å². The molecule has 0 saturated heterocycles. The first-order chi connectivity index (χ1) is 18.8. The van der Waals surface area contributed by atoms with Crippen molar-refractivity contribution in [2.24, 2.45) is 39.4 Å². The van der Waals surface area contributed by atoms with Gasteiger partial charge in [-0.25, -0.2) is 4.79 Å². The van der Waals surface area contributed by atoms with Crippen molar-refractivity contribution in [3.63, 3.8) is 0 Å². The molecule has 0 unspecified atom stereocenters. The van der Waals surface area contributed by atoms with E-state index < -0.39 is 69.3 Å². The van der Waals surface area contributed by atoms with E-state index in [1.165, 1.54) is 19.9 Å². The number of Topliss-reactive ketones (excluding diaryl/α,β-unsaturated/α-hetero) is 4. The third-order valence-corrected chi connectivity index (χ3v) is 11.4. The lowest BCUT2D eigenvalue weighted by atomic mass is 9.42. The van der Waals surface area contributed by atoms with Crippen LogP contribution < -0.4 is 0 Å². The lowest BCUT2D eigenvalue weighted by molar-refractivity contribution is -0.175. The molecule has 0 aliphatic heterocycles. The van der Waals surface area contributed by atoms with Crippen LogP contribution in [0.15, 0.2) is 22.8 Å². The minimum absolute atomic E-state index is 0.00173. The van der Waals surface area contributed by atoms with Gasteiger partial charge in [0.05, 0.1) is 11.5 Å². The molecule has 0 bridgehead atoms. The van der Waals surface area contributed by atoms with Gasteiger partial charge in [0.2, 0.25) is 5.78 Å². The second kappa shape index (κ2) is 9.82. The van der Waals surface area contributed by atoms with Crippen LogP contribution in [0.2, 0.25) is 0 Å². The highest BCUT2D eigenvalue weighted by molar-refractivity contribution is 6.18. The zero-order valence-corrected chi connectivity index (χ0v) is 25.3. The smallest absolute Gasteiger partial charge is 0.331 e. The van der Waals surface area contributed by atoms with Crippen LogP contribution in [0, 0.1) is 39.4 Å². The van der Waals surface area contributed by atoms with Gasteiger partial charge < -0.3 is 14.9 Å². The number of aliphatic hydroxyl groups excluding tert-OH is 1. The Morgan fingerprint density at radius 2 is 1.61 bits per heavy atom. The summed E-state index contributed by atoms with van der Waals surface area (Å²) in [4.78, 5) is 79.5. The van der Waals surface area contributed by atoms with E-state index in [0.29, 0.717) is 6.42 Å². The fraction of sp³-hybridized carbons (Fsp3) is 0.688. The number of carboxylic acid groups (broad SMARTS) is 1. The molecule has 0 heterocycles. The fourth-order valence-electron chi connectivity index (χ4n) is 8.95. The SMILES string of the molecule is CC(=O)O[C@@H]1C(=O)C2=C(C(=O)C[C@H]3C(C)(C)C(=O)CC[C@]23C)[C@]2(C)C(=O)C[C@H]([C@H](C)C[C@@H](O)/C=C(\C)C(=O)O)[C@@]12C. The number of ketones is 4. The van der Waals surface area contributed by atoms with Crippen molar-refractivity contribution < 1.29 is 43.7 Å². The lowest BCUT2D eigenvalue weighted by Crippen LogP contribution is -2.64. The molecule has 2 fully saturated rings. The number of aliphatic hydroxyl groups is 1. The Balaban J connectivity index is 1.91. The van der Waals surface area contributed by atoms with E-state index in [-0.39, 0.29) is 59.8 Å². The molecular formula is C32H42O9. The number of allylic oxidation sites excluding steroid dienone is 1. The van der Waals surface area contributed by atoms with Gasteiger partial charge in [-0.15, -0.1) is 0 Å². The fourth-order valence-corrected chi connectivity index (χ4v) is 8.95. The molecule has 41 heavy (non-hydrogen) atoms. The summed E-state index contributed by atoms with van der Waals surface area (Å²) in [6, 6.07) is 0. The number of hydrogen-bond donors (Lipinski definition) is 2. The first-order valence-electron chi connectivity index (χ1n) is 14.4. The number of ether oxygens (including phenoxy) is 1. The molecule has 9 nitrogen and oxygen atoms in total. The van der Waals surface area contributed by atoms with Crippen LogP contribution in [0.1, 0.15) is 87.5 Å². The van der Waals surface area contributed by atoms with E-state index in [1.807, 2.05) is 27.7 Å². The summed E-state index contributed by atoms with van der Waals surface area (Å²) in [5.74, 6) is -4.27. The number of esters is 1. The molecule has 0 aromatic rings. The summed E-state index contributed by atoms with van der Waals surface area (Å²) in [6.07, 6.45) is -0.494. The summed E-state index contributed by atoms with van der Waals surface area (Å²) >= 11 is 0. The van der Waals surface area contributed by atoms with Crippen LogP contribution >= 0.6 is 0 Å². The molecule has 0 aromatic heterocycles. The molecule has 224 valence electrons. The third-order valence-electron chi connectivity index (χ3n) is 11.4. The number of aliphatic carboxylic acids is 1. The van der Waals surface area contributed by atoms with Crippen LogP contribution in [0.5, 0.6) is 0 Å². The second-order valence-electron chi connectivity index (χ2n) is 13.9. The predicted molar refractivity (Wildman–Crippen MR) is 147 cm³/mol. The van der Waals surface area contributed by atoms with Gasteiger partial charge in [0.25, 0.3) is 0 Å². The normalized spacial score (nSPS) is 38.2. The van der Waals surface area contributed by atoms with Crippen molar-refractivity contribution in [1.82, 2.24) is 0 Å². The summed E-state index contributed by atoms with van der Waals surface area (Å²) in [5, 5.41) is 19.9. The molecule has 4 rings (SSSR count). The Morgan fingerprint density at radius 3 is 2.17 bits per heavy atom. The molecule has 0 spiro atoms. The standard InChI is InChI=1S/C32H42O9/c1-15(11-18(34)12-16(2)28(39)40)19-13-23(37)32(8)24-20(35)14-21-29(4,5)22(36)9-10-30(21,6)25(24)26(38)27(31(19,32)7)41-17(3)33/h12,15,18-19,21,27,34H,9-11,13-14H2,1-8H3,(H,39,40)/b16-12+/t15-,18-,19-,21+,27-,30+,31+,32+/m1/s1. The maximum absolute atomic E-state index is 14.6. The Bertz CT molecular complexity index is 1320. The number of hydrogen-bond acceptors (Lipinski definition) is 8. The Kier molecular flexibility index (Phi) is 7.42. The quantitative estimate of drug-likeness (QED) is 0.359. The van der Waals surface area contributed by atoms with Crippen molar-refractivity contribution in [2.75, 3.05) is 0 Å². The predicted octanol–water partition coefficient (Wildman–Crippen LogP) is 3.80. The van der Waals surface area contributed by atoms with Gasteiger partial charge in [-0.2, -0.15) is 0 Å². The zero-order valence-electron chi connectivity index (χ0n) is 25.3. The highest BCUT2D eigenvalue weighted by atomic mass is 16.5. The van der Waals surface area contributed by atoms with Gasteiger partial charge in [0, 0.05) is 59.2 Å². The van der Waals surface area contributed by atoms with Crippen LogP contribution in [-0.2, 0) is 33.5 Å². The van der Waals surface area contributed by atoms with Crippen molar-refractivity contribution in [3.05, 3.63) is 22.8 Å². The van der Waals surface area contributed by atoms with Crippen molar-refractivity contribution in [2.45, 2.75) is 99.7 Å². The topological polar surface area (TPSA) is 152 Å². The van der Waals surface area contributed by atoms with E-state index >= 15 is 0 Å². The number of carbonyl (C=O) groups is 6. The average molecular weight is 571 g/mol. The Hall–Kier alpha value is -2.94. The largest absolute Gasteiger partial charge is 0.478 e. The molecule has 0 aromatic carbocycles. The Morgan fingerprint density at radius 1 is 1.00 bits per heavy atom. The van der Waals surface area contributed by atoms with Crippen molar-refractivity contribution >= 4 is 35.1 Å². The molecule has 8 atom stereocenters. The molecule has 9 heteroatoms. The van der Waals surface area contributed by atoms with Gasteiger partial charge in [0.1, 0.15) is 11.6 Å². The first-order valence-corrected chi connectivity index (χ1v) is 14.4. The summed E-state index contributed by atoms with van der Waals surface area (Å²) in [5.41, 5.74) is -4.05. The summed E-state index contributed by atoms with van der Waals surface area (Å²) in [7, 11) is 0. The zero-order chi connectivity index (χ0) is 31.0. The van der Waals surface area contributed by atoms with Crippen LogP contribution in [0.25, 0.3) is 0 Å². The molecule has 4 aliphatic rings. The van der Waals surface area contributed by atoms with Gasteiger partial charge in [-0.05, 0) is 50.5 Å². The van der Waals surface area contributed by atoms with E-state index in [1.54, 1.807) is 13.8 Å². The maximum Gasteiger partial charge on any atom is 0.331 e. The van der Waals surface area contributed by atoms with E-state index in [2.05, 4.69) is 0 Å². The molecule has 2 N–H and O–H groups in total. The third kappa shape index (κ3) is 4.21. The highest BCUT2D eigenvalue weighted by Gasteiger charge is 2.74. The van der Waals surface area contributed by atoms with Gasteiger partial charge in [-0.3, -0.25) is 24.0 Å². The second-order valence-corrected chi connectivity index (χ2v) is 13.9. The first kappa shape index (κ1) is 31.0. The maximum atomic E-state index is 14.6. The highest BCUT2D eigenvalue weighted by Crippen LogP contribution is 2.70. The monoisotopic (exact) mass is 570 g/mol. The number of rotatable bonds is 6. The molecule has 0 amide bonds. The van der Waals surface area contributed by atoms with E-state index in [0.717, 1.165) is 0 Å². The summed E-state index contributed by atoms with van der Waals surface area (Å²) in [6.45, 7) is 13.3. The van der Waals surface area contributed by atoms with E-state index in [4.69, 9.17) is 4.74 Å². The number of carboxylic acids is 1. The molecule has 2 saturated carbocycles. The average Bonchev–Trinajstić information content (AvgIpc) is 3.07. The Labute approximate surface area is 240 Å². The minimum atomic E-state index is -1.44. The van der Waals surface area contributed by atoms with Gasteiger partial charge >= 0.3 is 11.9 Å². The van der Waals surface area contributed by atoms with Crippen molar-refractivity contribution in [1.29, 1.82) is 0 Å². The number of fused-ring (bicyclic) bond motifs is 4. The molecular weight excluding hydrogens is 528 g/mol.